The van der Waals surface area contributed by atoms with Crippen LogP contribution in [0.1, 0.15) is 59.3 Å². The summed E-state index contributed by atoms with van der Waals surface area (Å²) in [5.41, 5.74) is 0. The summed E-state index contributed by atoms with van der Waals surface area (Å²) < 4.78 is 39.0. The lowest BCUT2D eigenvalue weighted by atomic mass is 10.3. The predicted molar refractivity (Wildman–Crippen MR) is 82.4 cm³/mol. The van der Waals surface area contributed by atoms with Crippen molar-refractivity contribution in [2.75, 3.05) is 25.2 Å². The quantitative estimate of drug-likeness (QED) is 0.265. The molecule has 0 unspecified atom stereocenters. The Kier molecular flexibility index (Phi) is 13.6. The summed E-state index contributed by atoms with van der Waals surface area (Å²) >= 11 is 0. The summed E-state index contributed by atoms with van der Waals surface area (Å²) in [4.78, 5) is 0. The van der Waals surface area contributed by atoms with Crippen molar-refractivity contribution >= 4 is 14.5 Å². The highest BCUT2D eigenvalue weighted by molar-refractivity contribution is 7.75. The van der Waals surface area contributed by atoms with Crippen LogP contribution in [0.25, 0.3) is 0 Å². The topological polar surface area (TPSA) is 0 Å². The Bertz CT molecular complexity index is 170. The van der Waals surface area contributed by atoms with Gasteiger partial charge in [0.05, 0.1) is 18.5 Å². The second-order valence-corrected chi connectivity index (χ2v) is 9.93. The molecule has 0 aromatic heterocycles. The van der Waals surface area contributed by atoms with Crippen LogP contribution < -0.4 is 0 Å². The molecule has 0 aromatic rings. The lowest BCUT2D eigenvalue weighted by molar-refractivity contribution is 0.368. The average molecular weight is 304 g/mol. The van der Waals surface area contributed by atoms with Crippen molar-refractivity contribution in [2.24, 2.45) is 0 Å². The minimum absolute atomic E-state index is 0.519. The first-order chi connectivity index (χ1) is 8.68. The zero-order chi connectivity index (χ0) is 15.4. The Hall–Kier alpha value is 0.215. The van der Waals surface area contributed by atoms with Gasteiger partial charge in [-0.15, -0.1) is 0 Å². The van der Waals surface area contributed by atoms with Gasteiger partial charge in [-0.1, -0.05) is 40.0 Å². The molecule has 6 heteroatoms. The van der Waals surface area contributed by atoms with Crippen LogP contribution in [0.15, 0.2) is 0 Å². The molecular formula is C13H30BF4P. The highest BCUT2D eigenvalue weighted by Gasteiger charge is 2.28. The number of unbranched alkanes of at least 4 members (excludes halogenated alkanes) is 3. The molecule has 0 saturated carbocycles. The Labute approximate surface area is 117 Å². The van der Waals surface area contributed by atoms with E-state index in [-0.39, 0.29) is 0 Å². The maximum atomic E-state index is 9.75. The largest absolute Gasteiger partial charge is 0.673 e. The third kappa shape index (κ3) is 20.7. The van der Waals surface area contributed by atoms with E-state index in [1.807, 2.05) is 0 Å². The van der Waals surface area contributed by atoms with E-state index in [9.17, 15) is 17.3 Å². The molecular weight excluding hydrogens is 274 g/mol. The van der Waals surface area contributed by atoms with E-state index in [0.717, 1.165) is 0 Å². The van der Waals surface area contributed by atoms with Crippen molar-refractivity contribution < 1.29 is 17.3 Å². The van der Waals surface area contributed by atoms with Gasteiger partial charge in [0.25, 0.3) is 0 Å². The molecule has 0 fully saturated rings. The fourth-order valence-corrected chi connectivity index (χ4v) is 5.86. The molecule has 0 spiro atoms. The first-order valence-corrected chi connectivity index (χ1v) is 10.2. The number of rotatable bonds is 9. The van der Waals surface area contributed by atoms with Crippen molar-refractivity contribution in [1.29, 1.82) is 0 Å². The van der Waals surface area contributed by atoms with E-state index >= 15 is 0 Å². The summed E-state index contributed by atoms with van der Waals surface area (Å²) in [6.07, 6.45) is 13.2. The maximum Gasteiger partial charge on any atom is 0.673 e. The molecule has 0 aromatic carbocycles. The third-order valence-corrected chi connectivity index (χ3v) is 7.34. The number of hydrogen-bond donors (Lipinski definition) is 0. The van der Waals surface area contributed by atoms with Crippen LogP contribution in [-0.2, 0) is 0 Å². The Morgan fingerprint density at radius 1 is 0.684 bits per heavy atom. The smallest absolute Gasteiger partial charge is 0.418 e. The molecule has 0 radical (unpaired) electrons. The van der Waals surface area contributed by atoms with Crippen molar-refractivity contribution in [3.05, 3.63) is 0 Å². The minimum Gasteiger partial charge on any atom is -0.418 e. The highest BCUT2D eigenvalue weighted by atomic mass is 31.2. The number of hydrogen-bond acceptors (Lipinski definition) is 0. The molecule has 0 N–H and O–H groups in total. The zero-order valence-corrected chi connectivity index (χ0v) is 13.8. The van der Waals surface area contributed by atoms with Crippen LogP contribution in [0, 0.1) is 0 Å². The van der Waals surface area contributed by atoms with Gasteiger partial charge in [0, 0.05) is 13.9 Å². The Morgan fingerprint density at radius 2 is 0.895 bits per heavy atom. The molecule has 118 valence electrons. The first-order valence-electron chi connectivity index (χ1n) is 7.39. The standard InChI is InChI=1S/C13H30P.BF4/c1-5-8-11-14(4,12-9-6-2)13-10-7-3;2-1(3,4)5/h5-13H2,1-4H3;/q+1;-1. The minimum atomic E-state index is -6.00. The van der Waals surface area contributed by atoms with Gasteiger partial charge in [0.15, 0.2) is 0 Å². The zero-order valence-electron chi connectivity index (χ0n) is 12.9. The molecule has 0 aliphatic carbocycles. The summed E-state index contributed by atoms with van der Waals surface area (Å²) in [5, 5.41) is 0. The molecule has 0 atom stereocenters. The van der Waals surface area contributed by atoms with Crippen molar-refractivity contribution in [3.8, 4) is 0 Å². The first kappa shape index (κ1) is 21.5. The third-order valence-electron chi connectivity index (χ3n) is 3.15. The van der Waals surface area contributed by atoms with E-state index in [2.05, 4.69) is 27.4 Å². The fourth-order valence-electron chi connectivity index (χ4n) is 1.95. The summed E-state index contributed by atoms with van der Waals surface area (Å²) in [5.74, 6) is 0. The Balaban J connectivity index is 0. The summed E-state index contributed by atoms with van der Waals surface area (Å²) in [6, 6.07) is 0. The van der Waals surface area contributed by atoms with Gasteiger partial charge in [-0.2, -0.15) is 0 Å². The van der Waals surface area contributed by atoms with Crippen LogP contribution in [0.4, 0.5) is 17.3 Å². The predicted octanol–water partition coefficient (Wildman–Crippen LogP) is 6.33. The number of halogens is 4. The Morgan fingerprint density at radius 3 is 1.05 bits per heavy atom. The second-order valence-electron chi connectivity index (χ2n) is 5.35. The normalized spacial score (nSPS) is 12.0. The van der Waals surface area contributed by atoms with Crippen LogP contribution in [0.5, 0.6) is 0 Å². The van der Waals surface area contributed by atoms with E-state index in [1.165, 1.54) is 38.5 Å². The van der Waals surface area contributed by atoms with Crippen molar-refractivity contribution in [3.63, 3.8) is 0 Å². The molecule has 0 aliphatic rings. The van der Waals surface area contributed by atoms with Crippen LogP contribution >= 0.6 is 7.26 Å². The molecule has 0 bridgehead atoms. The molecule has 19 heavy (non-hydrogen) atoms. The maximum absolute atomic E-state index is 9.75. The lowest BCUT2D eigenvalue weighted by Gasteiger charge is -2.22. The summed E-state index contributed by atoms with van der Waals surface area (Å²) in [6.45, 7) is 9.59. The van der Waals surface area contributed by atoms with Gasteiger partial charge in [-0.25, -0.2) is 0 Å². The van der Waals surface area contributed by atoms with E-state index in [0.29, 0.717) is 0 Å². The van der Waals surface area contributed by atoms with E-state index in [4.69, 9.17) is 0 Å². The van der Waals surface area contributed by atoms with Gasteiger partial charge in [-0.3, -0.25) is 0 Å². The van der Waals surface area contributed by atoms with E-state index < -0.39 is 14.5 Å². The van der Waals surface area contributed by atoms with Gasteiger partial charge in [0.1, 0.15) is 0 Å². The lowest BCUT2D eigenvalue weighted by Crippen LogP contribution is -2.07. The van der Waals surface area contributed by atoms with Crippen LogP contribution in [0.2, 0.25) is 0 Å². The molecule has 0 amide bonds. The molecule has 0 saturated heterocycles. The van der Waals surface area contributed by atoms with Gasteiger partial charge >= 0.3 is 7.25 Å². The second kappa shape index (κ2) is 12.0. The molecule has 0 nitrogen and oxygen atoms in total. The van der Waals surface area contributed by atoms with Crippen LogP contribution in [-0.4, -0.2) is 32.4 Å². The SMILES string of the molecule is CCCC[P+](C)(CCCC)CCCC.F[B-](F)(F)F. The van der Waals surface area contributed by atoms with Crippen LogP contribution in [0.3, 0.4) is 0 Å². The van der Waals surface area contributed by atoms with Gasteiger partial charge in [-0.05, 0) is 19.3 Å². The van der Waals surface area contributed by atoms with Crippen molar-refractivity contribution in [1.82, 2.24) is 0 Å². The molecule has 0 heterocycles. The molecule has 0 rings (SSSR count). The van der Waals surface area contributed by atoms with Gasteiger partial charge in [0.2, 0.25) is 0 Å². The highest BCUT2D eigenvalue weighted by Crippen LogP contribution is 2.57. The fraction of sp³-hybridized carbons (Fsp3) is 1.00. The van der Waals surface area contributed by atoms with E-state index in [1.54, 1.807) is 18.5 Å². The van der Waals surface area contributed by atoms with Crippen molar-refractivity contribution in [2.45, 2.75) is 59.3 Å². The molecule has 0 aliphatic heterocycles. The van der Waals surface area contributed by atoms with Gasteiger partial charge < -0.3 is 17.3 Å². The summed E-state index contributed by atoms with van der Waals surface area (Å²) in [7, 11) is -6.52. The monoisotopic (exact) mass is 304 g/mol. The average Bonchev–Trinajstić information content (AvgIpc) is 2.30.